The lowest BCUT2D eigenvalue weighted by molar-refractivity contribution is 0.0140. The largest absolute Gasteiger partial charge is 0.444 e. The van der Waals surface area contributed by atoms with Gasteiger partial charge in [-0.15, -0.1) is 0 Å². The van der Waals surface area contributed by atoms with Crippen LogP contribution in [-0.2, 0) is 17.6 Å². The molecule has 7 nitrogen and oxygen atoms in total. The summed E-state index contributed by atoms with van der Waals surface area (Å²) in [5.74, 6) is 2.29. The van der Waals surface area contributed by atoms with Gasteiger partial charge in [-0.1, -0.05) is 24.3 Å². The molecule has 2 atom stereocenters. The minimum absolute atomic E-state index is 0.203. The number of nitrogens with two attached hydrogens (primary N) is 1. The molecule has 3 heterocycles. The Hall–Kier alpha value is -2.83. The number of rotatable bonds is 1. The van der Waals surface area contributed by atoms with E-state index in [1.807, 2.05) is 25.7 Å². The Morgan fingerprint density at radius 1 is 1.09 bits per heavy atom. The molecule has 0 bridgehead atoms. The second-order valence-electron chi connectivity index (χ2n) is 10.4. The van der Waals surface area contributed by atoms with Gasteiger partial charge >= 0.3 is 6.09 Å². The zero-order chi connectivity index (χ0) is 22.5. The maximum Gasteiger partial charge on any atom is 0.410 e. The molecule has 2 saturated heterocycles. The molecule has 5 rings (SSSR count). The number of carbonyl (C=O) groups excluding carboxylic acids is 1. The highest BCUT2D eigenvalue weighted by Crippen LogP contribution is 2.40. The second kappa shape index (κ2) is 7.94. The number of likely N-dealkylation sites (tertiary alicyclic amines) is 1. The van der Waals surface area contributed by atoms with E-state index >= 15 is 0 Å². The van der Waals surface area contributed by atoms with E-state index in [2.05, 4.69) is 34.1 Å². The molecule has 2 aliphatic heterocycles. The van der Waals surface area contributed by atoms with Crippen molar-refractivity contribution in [2.75, 3.05) is 36.8 Å². The van der Waals surface area contributed by atoms with Gasteiger partial charge in [-0.3, -0.25) is 0 Å². The number of aryl methyl sites for hydroxylation is 1. The second-order valence-corrected chi connectivity index (χ2v) is 10.4. The van der Waals surface area contributed by atoms with Crippen molar-refractivity contribution in [2.24, 2.45) is 11.8 Å². The van der Waals surface area contributed by atoms with E-state index in [0.717, 1.165) is 63.4 Å². The number of aromatic nitrogens is 2. The van der Waals surface area contributed by atoms with E-state index in [1.165, 1.54) is 16.7 Å². The van der Waals surface area contributed by atoms with Gasteiger partial charge in [0.1, 0.15) is 11.4 Å². The number of benzene rings is 1. The van der Waals surface area contributed by atoms with Crippen LogP contribution >= 0.6 is 0 Å². The van der Waals surface area contributed by atoms with Crippen LogP contribution in [0.1, 0.15) is 44.7 Å². The fraction of sp³-hybridized carbons (Fsp3) is 0.560. The molecule has 32 heavy (non-hydrogen) atoms. The van der Waals surface area contributed by atoms with Gasteiger partial charge < -0.3 is 20.3 Å². The smallest absolute Gasteiger partial charge is 0.410 e. The van der Waals surface area contributed by atoms with Crippen molar-refractivity contribution in [3.63, 3.8) is 0 Å². The quantitative estimate of drug-likeness (QED) is 0.731. The van der Waals surface area contributed by atoms with E-state index in [9.17, 15) is 4.79 Å². The van der Waals surface area contributed by atoms with Crippen LogP contribution in [-0.4, -0.2) is 52.7 Å². The summed E-state index contributed by atoms with van der Waals surface area (Å²) < 4.78 is 5.61. The lowest BCUT2D eigenvalue weighted by Gasteiger charge is -2.35. The summed E-state index contributed by atoms with van der Waals surface area (Å²) in [5.41, 5.74) is 10.5. The average molecular weight is 436 g/mol. The standard InChI is InChI=1S/C25H33N5O2/c1-25(2,3)32-24(31)29-12-11-17-13-30(15-18(17)14-29)22-20-10-6-8-16-7-4-5-9-19(16)21(20)27-23(26)28-22/h4-5,7,9,17-18H,6,8,10-15H2,1-3H3,(H2,26,27,28). The van der Waals surface area contributed by atoms with Crippen LogP contribution in [0.5, 0.6) is 0 Å². The Kier molecular flexibility index (Phi) is 5.22. The van der Waals surface area contributed by atoms with Gasteiger partial charge in [-0.05, 0) is 63.9 Å². The van der Waals surface area contributed by atoms with Crippen molar-refractivity contribution in [3.05, 3.63) is 35.4 Å². The minimum Gasteiger partial charge on any atom is -0.444 e. The molecule has 0 saturated carbocycles. The predicted octanol–water partition coefficient (Wildman–Crippen LogP) is 3.91. The van der Waals surface area contributed by atoms with Gasteiger partial charge in [0.15, 0.2) is 0 Å². The summed E-state index contributed by atoms with van der Waals surface area (Å²) in [6, 6.07) is 8.51. The third-order valence-corrected chi connectivity index (χ3v) is 6.90. The maximum absolute atomic E-state index is 12.6. The first-order valence-corrected chi connectivity index (χ1v) is 11.8. The highest BCUT2D eigenvalue weighted by atomic mass is 16.6. The van der Waals surface area contributed by atoms with Gasteiger partial charge in [-0.25, -0.2) is 9.78 Å². The van der Waals surface area contributed by atoms with Crippen LogP contribution in [0.4, 0.5) is 16.6 Å². The number of carbonyl (C=O) groups is 1. The van der Waals surface area contributed by atoms with Crippen LogP contribution in [0.2, 0.25) is 0 Å². The predicted molar refractivity (Wildman–Crippen MR) is 126 cm³/mol. The highest BCUT2D eigenvalue weighted by Gasteiger charge is 2.40. The fourth-order valence-corrected chi connectivity index (χ4v) is 5.46. The van der Waals surface area contributed by atoms with Crippen LogP contribution in [0.15, 0.2) is 24.3 Å². The Labute approximate surface area is 190 Å². The first-order valence-electron chi connectivity index (χ1n) is 11.8. The molecule has 2 N–H and O–H groups in total. The maximum atomic E-state index is 12.6. The minimum atomic E-state index is -0.470. The first-order chi connectivity index (χ1) is 15.3. The van der Waals surface area contributed by atoms with E-state index in [4.69, 9.17) is 15.5 Å². The summed E-state index contributed by atoms with van der Waals surface area (Å²) >= 11 is 0. The number of ether oxygens (including phenoxy) is 1. The highest BCUT2D eigenvalue weighted by molar-refractivity contribution is 5.74. The third kappa shape index (κ3) is 4.00. The topological polar surface area (TPSA) is 84.6 Å². The first kappa shape index (κ1) is 21.0. The molecule has 3 aliphatic rings. The Morgan fingerprint density at radius 2 is 1.88 bits per heavy atom. The number of nitrogen functional groups attached to an aromatic ring is 1. The van der Waals surface area contributed by atoms with Crippen LogP contribution in [0.25, 0.3) is 11.3 Å². The summed E-state index contributed by atoms with van der Waals surface area (Å²) in [4.78, 5) is 26.3. The van der Waals surface area contributed by atoms with E-state index < -0.39 is 5.60 Å². The molecule has 2 fully saturated rings. The third-order valence-electron chi connectivity index (χ3n) is 6.90. The van der Waals surface area contributed by atoms with Gasteiger partial charge in [0.2, 0.25) is 5.95 Å². The zero-order valence-corrected chi connectivity index (χ0v) is 19.3. The molecule has 1 aromatic carbocycles. The Bertz CT molecular complexity index is 1030. The van der Waals surface area contributed by atoms with Gasteiger partial charge in [0.25, 0.3) is 0 Å². The summed E-state index contributed by atoms with van der Waals surface area (Å²) in [6.45, 7) is 9.07. The zero-order valence-electron chi connectivity index (χ0n) is 19.3. The van der Waals surface area contributed by atoms with E-state index in [-0.39, 0.29) is 6.09 Å². The van der Waals surface area contributed by atoms with Crippen molar-refractivity contribution in [1.82, 2.24) is 14.9 Å². The van der Waals surface area contributed by atoms with Crippen LogP contribution < -0.4 is 10.6 Å². The lowest BCUT2D eigenvalue weighted by Crippen LogP contribution is -2.45. The molecule has 1 amide bonds. The molecule has 2 aromatic rings. The van der Waals surface area contributed by atoms with E-state index in [0.29, 0.717) is 17.8 Å². The van der Waals surface area contributed by atoms with Crippen molar-refractivity contribution in [3.8, 4) is 11.3 Å². The average Bonchev–Trinajstić information content (AvgIpc) is 3.07. The number of piperidine rings is 1. The monoisotopic (exact) mass is 435 g/mol. The van der Waals surface area contributed by atoms with Crippen molar-refractivity contribution >= 4 is 17.9 Å². The van der Waals surface area contributed by atoms with E-state index in [1.54, 1.807) is 0 Å². The van der Waals surface area contributed by atoms with Crippen LogP contribution in [0, 0.1) is 11.8 Å². The van der Waals surface area contributed by atoms with Gasteiger partial charge in [0, 0.05) is 37.3 Å². The lowest BCUT2D eigenvalue weighted by atomic mass is 9.89. The number of amides is 1. The number of hydrogen-bond donors (Lipinski definition) is 1. The van der Waals surface area contributed by atoms with Gasteiger partial charge in [-0.2, -0.15) is 4.98 Å². The SMILES string of the molecule is CC(C)(C)OC(=O)N1CCC2CN(c3nc(N)nc4c3CCCc3ccccc3-4)CC2C1. The number of fused-ring (bicyclic) bond motifs is 4. The molecule has 7 heteroatoms. The van der Waals surface area contributed by atoms with Crippen LogP contribution in [0.3, 0.4) is 0 Å². The van der Waals surface area contributed by atoms with Crippen molar-refractivity contribution in [1.29, 1.82) is 0 Å². The Balaban J connectivity index is 1.40. The molecular weight excluding hydrogens is 402 g/mol. The van der Waals surface area contributed by atoms with Crippen molar-refractivity contribution in [2.45, 2.75) is 52.1 Å². The molecule has 2 unspecified atom stereocenters. The summed E-state index contributed by atoms with van der Waals surface area (Å²) in [6.07, 6.45) is 3.87. The Morgan fingerprint density at radius 3 is 2.69 bits per heavy atom. The molecule has 1 aliphatic carbocycles. The molecule has 170 valence electrons. The molecular formula is C25H33N5O2. The number of nitrogens with zero attached hydrogens (tertiary/aromatic N) is 4. The fourth-order valence-electron chi connectivity index (χ4n) is 5.46. The molecule has 1 aromatic heterocycles. The summed E-state index contributed by atoms with van der Waals surface area (Å²) in [7, 11) is 0. The number of hydrogen-bond acceptors (Lipinski definition) is 6. The number of anilines is 2. The summed E-state index contributed by atoms with van der Waals surface area (Å²) in [5, 5.41) is 0. The van der Waals surface area contributed by atoms with Crippen molar-refractivity contribution < 1.29 is 9.53 Å². The van der Waals surface area contributed by atoms with Gasteiger partial charge in [0.05, 0.1) is 5.69 Å². The molecule has 0 spiro atoms. The molecule has 0 radical (unpaired) electrons. The normalized spacial score (nSPS) is 22.6.